The predicted molar refractivity (Wildman–Crippen MR) is 155 cm³/mol. The zero-order valence-corrected chi connectivity index (χ0v) is 20.3. The van der Waals surface area contributed by atoms with Crippen LogP contribution in [0.3, 0.4) is 0 Å². The molecule has 0 aliphatic rings. The Morgan fingerprint density at radius 1 is 0.270 bits per heavy atom. The molecule has 0 bridgehead atoms. The van der Waals surface area contributed by atoms with Crippen molar-refractivity contribution in [2.24, 2.45) is 0 Å². The summed E-state index contributed by atoms with van der Waals surface area (Å²) in [7, 11) is 0. The number of fused-ring (bicyclic) bond motifs is 3. The average molecular weight is 473 g/mol. The number of hydrogen-bond acceptors (Lipinski definition) is 1. The molecule has 37 heavy (non-hydrogen) atoms. The summed E-state index contributed by atoms with van der Waals surface area (Å²) < 4.78 is 6.00. The summed E-state index contributed by atoms with van der Waals surface area (Å²) in [6, 6.07) is 51.6. The summed E-state index contributed by atoms with van der Waals surface area (Å²) in [6.45, 7) is 0. The van der Waals surface area contributed by atoms with Gasteiger partial charge in [0.25, 0.3) is 0 Å². The minimum Gasteiger partial charge on any atom is -0.456 e. The maximum absolute atomic E-state index is 6.00. The Hall–Kier alpha value is -4.88. The molecule has 7 rings (SSSR count). The van der Waals surface area contributed by atoms with Crippen molar-refractivity contribution >= 4 is 21.9 Å². The topological polar surface area (TPSA) is 13.1 Å². The first-order chi connectivity index (χ1) is 18.3. The van der Waals surface area contributed by atoms with Gasteiger partial charge < -0.3 is 4.42 Å². The van der Waals surface area contributed by atoms with E-state index in [1.807, 2.05) is 12.1 Å². The maximum atomic E-state index is 6.00. The second-order valence-electron chi connectivity index (χ2n) is 9.41. The summed E-state index contributed by atoms with van der Waals surface area (Å²) in [5.74, 6) is 0. The molecule has 0 amide bonds. The monoisotopic (exact) mass is 472 g/mol. The fraction of sp³-hybridized carbons (Fsp3) is 0. The van der Waals surface area contributed by atoms with E-state index in [0.717, 1.165) is 21.9 Å². The first kappa shape index (κ1) is 21.4. The number of hydrogen-bond donors (Lipinski definition) is 0. The predicted octanol–water partition coefficient (Wildman–Crippen LogP) is 10.3. The van der Waals surface area contributed by atoms with E-state index in [2.05, 4.69) is 133 Å². The van der Waals surface area contributed by atoms with E-state index in [1.165, 1.54) is 44.5 Å². The van der Waals surface area contributed by atoms with E-state index < -0.39 is 0 Å². The van der Waals surface area contributed by atoms with Crippen LogP contribution in [0, 0.1) is 0 Å². The Morgan fingerprint density at radius 2 is 0.703 bits per heavy atom. The highest BCUT2D eigenvalue weighted by Gasteiger charge is 2.09. The zero-order chi connectivity index (χ0) is 24.6. The Morgan fingerprint density at radius 3 is 1.35 bits per heavy atom. The molecule has 0 aliphatic carbocycles. The molecule has 7 aromatic rings. The molecule has 1 aromatic heterocycles. The molecule has 0 N–H and O–H groups in total. The summed E-state index contributed by atoms with van der Waals surface area (Å²) in [5, 5.41) is 2.31. The third kappa shape index (κ3) is 4.01. The van der Waals surface area contributed by atoms with Gasteiger partial charge in [0.15, 0.2) is 0 Å². The highest BCUT2D eigenvalue weighted by Crippen LogP contribution is 2.34. The van der Waals surface area contributed by atoms with Gasteiger partial charge in [-0.05, 0) is 68.8 Å². The summed E-state index contributed by atoms with van der Waals surface area (Å²) >= 11 is 0. The Labute approximate surface area is 216 Å². The standard InChI is InChI=1S/C36H24O/c1-2-7-25(8-3-1)26-13-15-27(16-14-26)30-9-6-10-31(23-30)28-17-19-29(20-18-28)32-21-22-36-34(24-32)33-11-4-5-12-35(33)37-36/h1-24H. The van der Waals surface area contributed by atoms with Crippen molar-refractivity contribution in [2.75, 3.05) is 0 Å². The Balaban J connectivity index is 1.17. The molecule has 0 saturated carbocycles. The van der Waals surface area contributed by atoms with Crippen LogP contribution in [0.1, 0.15) is 0 Å². The number of para-hydroxylation sites is 1. The van der Waals surface area contributed by atoms with Gasteiger partial charge in [0.1, 0.15) is 11.2 Å². The van der Waals surface area contributed by atoms with Crippen molar-refractivity contribution in [2.45, 2.75) is 0 Å². The fourth-order valence-electron chi connectivity index (χ4n) is 5.12. The lowest BCUT2D eigenvalue weighted by atomic mass is 9.96. The molecule has 0 atom stereocenters. The highest BCUT2D eigenvalue weighted by atomic mass is 16.3. The molecule has 1 heterocycles. The van der Waals surface area contributed by atoms with Gasteiger partial charge in [-0.1, -0.05) is 121 Å². The number of benzene rings is 6. The first-order valence-electron chi connectivity index (χ1n) is 12.6. The quantitative estimate of drug-likeness (QED) is 0.248. The molecule has 0 spiro atoms. The molecular weight excluding hydrogens is 448 g/mol. The van der Waals surface area contributed by atoms with E-state index in [1.54, 1.807) is 0 Å². The van der Waals surface area contributed by atoms with Crippen LogP contribution in [0.2, 0.25) is 0 Å². The Kier molecular flexibility index (Phi) is 5.19. The minimum absolute atomic E-state index is 0.926. The van der Waals surface area contributed by atoms with E-state index in [0.29, 0.717) is 0 Å². The van der Waals surface area contributed by atoms with Crippen LogP contribution < -0.4 is 0 Å². The Bertz CT molecular complexity index is 1840. The molecule has 6 aromatic carbocycles. The molecule has 1 heteroatoms. The van der Waals surface area contributed by atoms with E-state index in [9.17, 15) is 0 Å². The molecule has 0 saturated heterocycles. The zero-order valence-electron chi connectivity index (χ0n) is 20.3. The molecule has 1 nitrogen and oxygen atoms in total. The van der Waals surface area contributed by atoms with Gasteiger partial charge in [0.05, 0.1) is 0 Å². The molecule has 0 unspecified atom stereocenters. The second kappa shape index (κ2) is 8.96. The molecule has 0 radical (unpaired) electrons. The third-order valence-corrected chi connectivity index (χ3v) is 7.12. The fourth-order valence-corrected chi connectivity index (χ4v) is 5.12. The van der Waals surface area contributed by atoms with Gasteiger partial charge in [-0.3, -0.25) is 0 Å². The van der Waals surface area contributed by atoms with Crippen LogP contribution in [0.15, 0.2) is 150 Å². The van der Waals surface area contributed by atoms with Gasteiger partial charge in [-0.25, -0.2) is 0 Å². The van der Waals surface area contributed by atoms with Crippen molar-refractivity contribution in [1.29, 1.82) is 0 Å². The highest BCUT2D eigenvalue weighted by molar-refractivity contribution is 6.06. The van der Waals surface area contributed by atoms with Crippen LogP contribution in [-0.4, -0.2) is 0 Å². The molecule has 174 valence electrons. The van der Waals surface area contributed by atoms with Gasteiger partial charge in [-0.2, -0.15) is 0 Å². The van der Waals surface area contributed by atoms with Crippen LogP contribution in [0.25, 0.3) is 66.4 Å². The minimum atomic E-state index is 0.926. The summed E-state index contributed by atoms with van der Waals surface area (Å²) in [6.07, 6.45) is 0. The summed E-state index contributed by atoms with van der Waals surface area (Å²) in [5.41, 5.74) is 11.6. The van der Waals surface area contributed by atoms with Crippen LogP contribution in [0.4, 0.5) is 0 Å². The lowest BCUT2D eigenvalue weighted by Crippen LogP contribution is -1.84. The third-order valence-electron chi connectivity index (χ3n) is 7.12. The number of rotatable bonds is 4. The van der Waals surface area contributed by atoms with Crippen molar-refractivity contribution in [3.8, 4) is 44.5 Å². The van der Waals surface area contributed by atoms with Gasteiger partial charge in [0, 0.05) is 10.8 Å². The second-order valence-corrected chi connectivity index (χ2v) is 9.41. The van der Waals surface area contributed by atoms with Crippen LogP contribution in [0.5, 0.6) is 0 Å². The van der Waals surface area contributed by atoms with Gasteiger partial charge >= 0.3 is 0 Å². The first-order valence-corrected chi connectivity index (χ1v) is 12.6. The van der Waals surface area contributed by atoms with Crippen molar-refractivity contribution in [3.63, 3.8) is 0 Å². The van der Waals surface area contributed by atoms with Gasteiger partial charge in [0.2, 0.25) is 0 Å². The summed E-state index contributed by atoms with van der Waals surface area (Å²) in [4.78, 5) is 0. The smallest absolute Gasteiger partial charge is 0.135 e. The SMILES string of the molecule is c1ccc(-c2ccc(-c3cccc(-c4ccc(-c5ccc6oc7ccccc7c6c5)cc4)c3)cc2)cc1. The van der Waals surface area contributed by atoms with E-state index >= 15 is 0 Å². The number of furan rings is 1. The molecular formula is C36H24O. The molecule has 0 aliphatic heterocycles. The van der Waals surface area contributed by atoms with Crippen molar-refractivity contribution in [1.82, 2.24) is 0 Å². The lowest BCUT2D eigenvalue weighted by molar-refractivity contribution is 0.669. The normalized spacial score (nSPS) is 11.2. The van der Waals surface area contributed by atoms with E-state index in [4.69, 9.17) is 4.42 Å². The van der Waals surface area contributed by atoms with Gasteiger partial charge in [-0.15, -0.1) is 0 Å². The van der Waals surface area contributed by atoms with Crippen LogP contribution in [-0.2, 0) is 0 Å². The van der Waals surface area contributed by atoms with Crippen molar-refractivity contribution in [3.05, 3.63) is 146 Å². The largest absolute Gasteiger partial charge is 0.456 e. The lowest BCUT2D eigenvalue weighted by Gasteiger charge is -2.09. The van der Waals surface area contributed by atoms with E-state index in [-0.39, 0.29) is 0 Å². The van der Waals surface area contributed by atoms with Crippen molar-refractivity contribution < 1.29 is 4.42 Å². The maximum Gasteiger partial charge on any atom is 0.135 e. The average Bonchev–Trinajstić information content (AvgIpc) is 3.36. The molecule has 0 fully saturated rings. The van der Waals surface area contributed by atoms with Crippen LogP contribution >= 0.6 is 0 Å².